The van der Waals surface area contributed by atoms with Crippen molar-refractivity contribution in [3.05, 3.63) is 23.8 Å². The van der Waals surface area contributed by atoms with E-state index in [0.717, 1.165) is 5.57 Å². The van der Waals surface area contributed by atoms with E-state index in [2.05, 4.69) is 0 Å². The number of aliphatic hydroxyl groups excluding tert-OH is 3. The zero-order valence-corrected chi connectivity index (χ0v) is 21.1. The van der Waals surface area contributed by atoms with Gasteiger partial charge in [-0.2, -0.15) is 0 Å². The van der Waals surface area contributed by atoms with Crippen LogP contribution in [0.4, 0.5) is 0 Å². The Bertz CT molecular complexity index is 662. The normalized spacial score (nSPS) is 30.3. The summed E-state index contributed by atoms with van der Waals surface area (Å²) in [6, 6.07) is 0. The van der Waals surface area contributed by atoms with Crippen LogP contribution in [-0.2, 0) is 14.3 Å². The first-order valence-corrected chi connectivity index (χ1v) is 11.0. The van der Waals surface area contributed by atoms with Crippen LogP contribution in [0, 0.1) is 23.7 Å². The molecule has 0 bridgehead atoms. The molecule has 0 aromatic rings. The molecule has 0 aliphatic heterocycles. The fourth-order valence-corrected chi connectivity index (χ4v) is 4.52. The van der Waals surface area contributed by atoms with E-state index >= 15 is 0 Å². The third-order valence-corrected chi connectivity index (χ3v) is 6.56. The molecule has 31 heavy (non-hydrogen) atoms. The van der Waals surface area contributed by atoms with Crippen LogP contribution in [0.3, 0.4) is 0 Å². The Kier molecular flexibility index (Phi) is 12.0. The first-order valence-electron chi connectivity index (χ1n) is 11.0. The molecule has 0 aromatic carbocycles. The van der Waals surface area contributed by atoms with Crippen molar-refractivity contribution in [3.8, 4) is 0 Å². The zero-order chi connectivity index (χ0) is 22.4. The van der Waals surface area contributed by atoms with Crippen molar-refractivity contribution in [2.24, 2.45) is 23.7 Å². The molecule has 8 atom stereocenters. The Morgan fingerprint density at radius 2 is 1.97 bits per heavy atom. The SMILES string of the molecule is CC[C@H](C)C(=O)O[C@H]1CC=CC2=C[C@@H](O)[C@H](C)[C@H](CC[C@@H](O)C[C@@H](O)CC(=O)[O-])[C@H]21.[Na+]. The summed E-state index contributed by atoms with van der Waals surface area (Å²) in [6.07, 6.45) is 4.46. The molecule has 0 amide bonds. The molecule has 0 radical (unpaired) electrons. The average Bonchev–Trinajstić information content (AvgIpc) is 2.67. The number of carbonyl (C=O) groups excluding carboxylic acids is 2. The van der Waals surface area contributed by atoms with Gasteiger partial charge < -0.3 is 30.0 Å². The predicted octanol–water partition coefficient (Wildman–Crippen LogP) is -1.89. The van der Waals surface area contributed by atoms with Crippen LogP contribution in [0.1, 0.15) is 59.3 Å². The Morgan fingerprint density at radius 1 is 1.29 bits per heavy atom. The van der Waals surface area contributed by atoms with Crippen molar-refractivity contribution in [3.63, 3.8) is 0 Å². The molecule has 2 aliphatic carbocycles. The van der Waals surface area contributed by atoms with Gasteiger partial charge in [0.25, 0.3) is 0 Å². The number of esters is 1. The quantitative estimate of drug-likeness (QED) is 0.265. The number of rotatable bonds is 10. The van der Waals surface area contributed by atoms with Crippen LogP contribution >= 0.6 is 0 Å². The van der Waals surface area contributed by atoms with E-state index in [0.29, 0.717) is 25.7 Å². The summed E-state index contributed by atoms with van der Waals surface area (Å²) < 4.78 is 5.86. The summed E-state index contributed by atoms with van der Waals surface area (Å²) >= 11 is 0. The minimum Gasteiger partial charge on any atom is -0.550 e. The van der Waals surface area contributed by atoms with Gasteiger partial charge in [-0.1, -0.05) is 39.0 Å². The number of aliphatic carboxylic acids is 1. The molecular weight excluding hydrogens is 411 g/mol. The number of carboxylic acids is 1. The molecule has 0 fully saturated rings. The maximum atomic E-state index is 12.4. The van der Waals surface area contributed by atoms with Gasteiger partial charge in [-0.05, 0) is 43.1 Å². The van der Waals surface area contributed by atoms with E-state index in [9.17, 15) is 30.0 Å². The summed E-state index contributed by atoms with van der Waals surface area (Å²) in [7, 11) is 0. The summed E-state index contributed by atoms with van der Waals surface area (Å²) in [5.41, 5.74) is 0.949. The molecule has 7 nitrogen and oxygen atoms in total. The van der Waals surface area contributed by atoms with Crippen LogP contribution in [-0.4, -0.2) is 51.7 Å². The van der Waals surface area contributed by atoms with Gasteiger partial charge in [0, 0.05) is 24.7 Å². The minimum absolute atomic E-state index is 0. The number of ether oxygens (including phenoxy) is 1. The van der Waals surface area contributed by atoms with Crippen molar-refractivity contribution in [1.82, 2.24) is 0 Å². The second kappa shape index (κ2) is 13.1. The van der Waals surface area contributed by atoms with Gasteiger partial charge in [-0.25, -0.2) is 0 Å². The Balaban J connectivity index is 0.00000480. The minimum atomic E-state index is -1.35. The molecule has 170 valence electrons. The maximum absolute atomic E-state index is 12.4. The van der Waals surface area contributed by atoms with Crippen molar-refractivity contribution >= 4 is 11.9 Å². The molecule has 0 unspecified atom stereocenters. The second-order valence-electron chi connectivity index (χ2n) is 8.83. The zero-order valence-electron chi connectivity index (χ0n) is 19.1. The molecular formula is C23H35NaO7. The molecule has 2 aliphatic rings. The Hall–Kier alpha value is -0.700. The molecule has 0 saturated heterocycles. The van der Waals surface area contributed by atoms with Gasteiger partial charge in [0.15, 0.2) is 0 Å². The molecule has 8 heteroatoms. The number of allylic oxidation sites excluding steroid dienone is 1. The van der Waals surface area contributed by atoms with Gasteiger partial charge in [0.05, 0.1) is 24.2 Å². The van der Waals surface area contributed by atoms with E-state index in [1.807, 2.05) is 39.0 Å². The number of hydrogen-bond donors (Lipinski definition) is 3. The van der Waals surface area contributed by atoms with Crippen LogP contribution in [0.5, 0.6) is 0 Å². The first-order chi connectivity index (χ1) is 14.1. The van der Waals surface area contributed by atoms with E-state index in [1.165, 1.54) is 0 Å². The Morgan fingerprint density at radius 3 is 2.58 bits per heavy atom. The Labute approximate surface area is 206 Å². The summed E-state index contributed by atoms with van der Waals surface area (Å²) in [4.78, 5) is 23.0. The van der Waals surface area contributed by atoms with Crippen molar-refractivity contribution in [2.45, 2.75) is 83.7 Å². The van der Waals surface area contributed by atoms with E-state index in [1.54, 1.807) is 0 Å². The standard InChI is InChI=1S/C23H36O7.Na/c1-4-13(2)23(29)30-20-7-5-6-15-10-19(26)14(3)18(22(15)20)9-8-16(24)11-17(25)12-21(27)28;/h5-6,10,13-14,16-20,22,24-26H,4,7-9,11-12H2,1-3H3,(H,27,28);/q;+1/p-1/t13-,14+,16+,17+,18-,19+,20-,22-;/m0./s1. The van der Waals surface area contributed by atoms with Crippen LogP contribution in [0.15, 0.2) is 23.8 Å². The van der Waals surface area contributed by atoms with Crippen molar-refractivity contribution in [1.29, 1.82) is 0 Å². The first kappa shape index (κ1) is 28.3. The fraction of sp³-hybridized carbons (Fsp3) is 0.739. The summed E-state index contributed by atoms with van der Waals surface area (Å²) in [6.45, 7) is 5.73. The topological polar surface area (TPSA) is 127 Å². The van der Waals surface area contributed by atoms with E-state index in [-0.39, 0.29) is 71.7 Å². The monoisotopic (exact) mass is 446 g/mol. The molecule has 2 rings (SSSR count). The largest absolute Gasteiger partial charge is 1.00 e. The molecule has 3 N–H and O–H groups in total. The molecule has 0 heterocycles. The fourth-order valence-electron chi connectivity index (χ4n) is 4.52. The number of fused-ring (bicyclic) bond motifs is 1. The number of carbonyl (C=O) groups is 2. The molecule has 0 aromatic heterocycles. The van der Waals surface area contributed by atoms with Crippen LogP contribution < -0.4 is 34.7 Å². The van der Waals surface area contributed by atoms with Crippen molar-refractivity contribution < 1.29 is 64.3 Å². The molecule has 0 spiro atoms. The van der Waals surface area contributed by atoms with Crippen LogP contribution in [0.25, 0.3) is 0 Å². The number of carboxylic acid groups (broad SMARTS) is 1. The van der Waals surface area contributed by atoms with Gasteiger partial charge in [0.1, 0.15) is 6.10 Å². The van der Waals surface area contributed by atoms with Gasteiger partial charge >= 0.3 is 35.5 Å². The number of hydrogen-bond acceptors (Lipinski definition) is 7. The second-order valence-corrected chi connectivity index (χ2v) is 8.83. The van der Waals surface area contributed by atoms with Gasteiger partial charge in [-0.15, -0.1) is 0 Å². The van der Waals surface area contributed by atoms with Gasteiger partial charge in [-0.3, -0.25) is 4.79 Å². The summed E-state index contributed by atoms with van der Waals surface area (Å²) in [5.74, 6) is -1.93. The average molecular weight is 447 g/mol. The van der Waals surface area contributed by atoms with E-state index < -0.39 is 30.7 Å². The third kappa shape index (κ3) is 7.98. The summed E-state index contributed by atoms with van der Waals surface area (Å²) in [5, 5.41) is 41.1. The van der Waals surface area contributed by atoms with Crippen molar-refractivity contribution in [2.75, 3.05) is 0 Å². The third-order valence-electron chi connectivity index (χ3n) is 6.56. The van der Waals surface area contributed by atoms with Crippen LogP contribution in [0.2, 0.25) is 0 Å². The predicted molar refractivity (Wildman–Crippen MR) is 109 cm³/mol. The molecule has 0 saturated carbocycles. The maximum Gasteiger partial charge on any atom is 1.00 e. The smallest absolute Gasteiger partial charge is 0.550 e. The van der Waals surface area contributed by atoms with E-state index in [4.69, 9.17) is 4.74 Å². The van der Waals surface area contributed by atoms with Gasteiger partial charge in [0.2, 0.25) is 0 Å². The number of aliphatic hydroxyl groups is 3.